The summed E-state index contributed by atoms with van der Waals surface area (Å²) in [7, 11) is 6.97. The highest BCUT2D eigenvalue weighted by Crippen LogP contribution is 2.42. The highest BCUT2D eigenvalue weighted by atomic mass is 16.5. The number of nitrogens with zero attached hydrogens (tertiary/aromatic N) is 2. The van der Waals surface area contributed by atoms with Gasteiger partial charge in [0.15, 0.2) is 11.5 Å². The Morgan fingerprint density at radius 1 is 1.03 bits per heavy atom. The number of ether oxygens (including phenoxy) is 3. The molecular formula is C28H36N2O6. The van der Waals surface area contributed by atoms with Crippen LogP contribution >= 0.6 is 0 Å². The molecule has 3 rings (SSSR count). The second kappa shape index (κ2) is 11.9. The quantitative estimate of drug-likeness (QED) is 0.285. The number of hydrogen-bond donors (Lipinski definition) is 1. The summed E-state index contributed by atoms with van der Waals surface area (Å²) in [6.45, 7) is 5.81. The van der Waals surface area contributed by atoms with Crippen LogP contribution in [0.2, 0.25) is 0 Å². The number of carbonyl (C=O) groups excluding carboxylic acids is 2. The first-order valence-electron chi connectivity index (χ1n) is 12.1. The molecular weight excluding hydrogens is 460 g/mol. The van der Waals surface area contributed by atoms with E-state index in [-0.39, 0.29) is 11.3 Å². The second-order valence-corrected chi connectivity index (χ2v) is 9.49. The lowest BCUT2D eigenvalue weighted by Crippen LogP contribution is -2.32. The zero-order chi connectivity index (χ0) is 26.4. The number of methoxy groups -OCH3 is 2. The van der Waals surface area contributed by atoms with E-state index in [9.17, 15) is 14.7 Å². The van der Waals surface area contributed by atoms with Gasteiger partial charge in [-0.25, -0.2) is 0 Å². The van der Waals surface area contributed by atoms with Crippen LogP contribution in [0.3, 0.4) is 0 Å². The van der Waals surface area contributed by atoms with E-state index in [2.05, 4.69) is 13.8 Å². The zero-order valence-corrected chi connectivity index (χ0v) is 21.9. The number of benzene rings is 2. The Bertz CT molecular complexity index is 1110. The fraction of sp³-hybridized carbons (Fsp3) is 0.429. The first-order chi connectivity index (χ1) is 17.2. The van der Waals surface area contributed by atoms with E-state index in [0.717, 1.165) is 6.54 Å². The Morgan fingerprint density at radius 3 is 2.28 bits per heavy atom. The Labute approximate surface area is 213 Å². The molecule has 8 heteroatoms. The first kappa shape index (κ1) is 27.1. The molecule has 194 valence electrons. The van der Waals surface area contributed by atoms with Crippen LogP contribution in [0.25, 0.3) is 5.76 Å². The lowest BCUT2D eigenvalue weighted by atomic mass is 9.95. The third-order valence-corrected chi connectivity index (χ3v) is 5.98. The summed E-state index contributed by atoms with van der Waals surface area (Å²) in [5, 5.41) is 11.3. The molecule has 1 heterocycles. The predicted molar refractivity (Wildman–Crippen MR) is 139 cm³/mol. The van der Waals surface area contributed by atoms with Crippen molar-refractivity contribution in [2.24, 2.45) is 5.92 Å². The van der Waals surface area contributed by atoms with Crippen LogP contribution in [0.4, 0.5) is 0 Å². The molecule has 0 aliphatic carbocycles. The minimum absolute atomic E-state index is 0.0490. The molecule has 1 aliphatic heterocycles. The molecule has 8 nitrogen and oxygen atoms in total. The van der Waals surface area contributed by atoms with E-state index in [0.29, 0.717) is 53.9 Å². The highest BCUT2D eigenvalue weighted by Gasteiger charge is 2.46. The number of aliphatic hydroxyl groups excluding tert-OH is 1. The van der Waals surface area contributed by atoms with Crippen molar-refractivity contribution in [2.75, 3.05) is 48.0 Å². The molecule has 0 aromatic heterocycles. The van der Waals surface area contributed by atoms with Crippen molar-refractivity contribution in [1.82, 2.24) is 9.80 Å². The number of carbonyl (C=O) groups is 2. The Balaban J connectivity index is 2.06. The Kier molecular flexibility index (Phi) is 8.98. The topological polar surface area (TPSA) is 88.5 Å². The Hall–Kier alpha value is -3.52. The van der Waals surface area contributed by atoms with E-state index < -0.39 is 17.7 Å². The molecule has 0 bridgehead atoms. The van der Waals surface area contributed by atoms with Gasteiger partial charge in [-0.2, -0.15) is 0 Å². The number of rotatable bonds is 11. The van der Waals surface area contributed by atoms with Crippen LogP contribution < -0.4 is 14.2 Å². The molecule has 0 saturated carbocycles. The van der Waals surface area contributed by atoms with Gasteiger partial charge in [0.1, 0.15) is 11.5 Å². The number of likely N-dealkylation sites (tertiary alicyclic amines) is 1. The van der Waals surface area contributed by atoms with E-state index in [4.69, 9.17) is 14.2 Å². The lowest BCUT2D eigenvalue weighted by Gasteiger charge is -2.26. The number of amides is 1. The molecule has 2 aromatic carbocycles. The maximum absolute atomic E-state index is 13.2. The van der Waals surface area contributed by atoms with E-state index in [1.807, 2.05) is 19.0 Å². The third kappa shape index (κ3) is 5.99. The van der Waals surface area contributed by atoms with Gasteiger partial charge in [0.2, 0.25) is 0 Å². The number of hydrogen-bond acceptors (Lipinski definition) is 7. The van der Waals surface area contributed by atoms with Crippen molar-refractivity contribution in [2.45, 2.75) is 26.3 Å². The van der Waals surface area contributed by atoms with Gasteiger partial charge in [-0.15, -0.1) is 0 Å². The van der Waals surface area contributed by atoms with Gasteiger partial charge in [0.25, 0.3) is 11.7 Å². The van der Waals surface area contributed by atoms with Crippen molar-refractivity contribution in [3.63, 3.8) is 0 Å². The monoisotopic (exact) mass is 496 g/mol. The second-order valence-electron chi connectivity index (χ2n) is 9.49. The molecule has 1 atom stereocenters. The summed E-state index contributed by atoms with van der Waals surface area (Å²) >= 11 is 0. The third-order valence-electron chi connectivity index (χ3n) is 5.98. The van der Waals surface area contributed by atoms with E-state index >= 15 is 0 Å². The van der Waals surface area contributed by atoms with Crippen LogP contribution in [0.15, 0.2) is 48.0 Å². The van der Waals surface area contributed by atoms with Crippen LogP contribution in [0, 0.1) is 5.92 Å². The molecule has 0 spiro atoms. The number of aliphatic hydroxyl groups is 1. The van der Waals surface area contributed by atoms with Gasteiger partial charge >= 0.3 is 0 Å². The summed E-state index contributed by atoms with van der Waals surface area (Å²) in [6.07, 6.45) is 0.672. The number of ketones is 1. The van der Waals surface area contributed by atoms with Gasteiger partial charge in [-0.05, 0) is 74.9 Å². The summed E-state index contributed by atoms with van der Waals surface area (Å²) < 4.78 is 16.5. The van der Waals surface area contributed by atoms with E-state index in [1.165, 1.54) is 12.0 Å². The molecule has 1 fully saturated rings. The van der Waals surface area contributed by atoms with Crippen molar-refractivity contribution < 1.29 is 28.9 Å². The molecule has 1 saturated heterocycles. The van der Waals surface area contributed by atoms with Gasteiger partial charge in [0.05, 0.1) is 32.4 Å². The number of Topliss-reactive ketones (excluding diaryl/α,β-unsaturated/α-hetero) is 1. The fourth-order valence-corrected chi connectivity index (χ4v) is 4.16. The summed E-state index contributed by atoms with van der Waals surface area (Å²) in [4.78, 5) is 29.9. The van der Waals surface area contributed by atoms with Crippen molar-refractivity contribution in [3.8, 4) is 17.2 Å². The van der Waals surface area contributed by atoms with Crippen molar-refractivity contribution in [1.29, 1.82) is 0 Å². The predicted octanol–water partition coefficient (Wildman–Crippen LogP) is 4.11. The van der Waals surface area contributed by atoms with Crippen LogP contribution in [0.5, 0.6) is 17.2 Å². The zero-order valence-electron chi connectivity index (χ0n) is 21.9. The smallest absolute Gasteiger partial charge is 0.295 e. The molecule has 2 aromatic rings. The average Bonchev–Trinajstić information content (AvgIpc) is 3.11. The van der Waals surface area contributed by atoms with Crippen LogP contribution in [-0.4, -0.2) is 74.6 Å². The van der Waals surface area contributed by atoms with Crippen molar-refractivity contribution >= 4 is 17.4 Å². The molecule has 0 unspecified atom stereocenters. The molecule has 36 heavy (non-hydrogen) atoms. The van der Waals surface area contributed by atoms with Gasteiger partial charge in [0, 0.05) is 12.1 Å². The normalized spacial score (nSPS) is 17.2. The SMILES string of the molecule is COc1ccc([C@@H]2/C(=C(\O)c3ccc(OCC(C)C)cc3)C(=O)C(=O)N2CCCN(C)C)cc1OC. The molecule has 0 radical (unpaired) electrons. The molecule has 1 amide bonds. The summed E-state index contributed by atoms with van der Waals surface area (Å²) in [6, 6.07) is 11.4. The molecule has 1 N–H and O–H groups in total. The van der Waals surface area contributed by atoms with Gasteiger partial charge < -0.3 is 29.1 Å². The maximum Gasteiger partial charge on any atom is 0.295 e. The maximum atomic E-state index is 13.2. The minimum atomic E-state index is -0.760. The van der Waals surface area contributed by atoms with E-state index in [1.54, 1.807) is 49.6 Å². The minimum Gasteiger partial charge on any atom is -0.507 e. The summed E-state index contributed by atoms with van der Waals surface area (Å²) in [5.41, 5.74) is 1.13. The highest BCUT2D eigenvalue weighted by molar-refractivity contribution is 6.46. The summed E-state index contributed by atoms with van der Waals surface area (Å²) in [5.74, 6) is 0.482. The van der Waals surface area contributed by atoms with Gasteiger partial charge in [-0.3, -0.25) is 9.59 Å². The standard InChI is InChI=1S/C28H36N2O6/c1-18(2)17-36-21-11-8-19(9-12-21)26(31)24-25(20-10-13-22(34-5)23(16-20)35-6)30(28(33)27(24)32)15-7-14-29(3)4/h8-13,16,18,25,31H,7,14-15,17H2,1-6H3/b26-24+/t25-/m1/s1. The van der Waals surface area contributed by atoms with Crippen LogP contribution in [-0.2, 0) is 9.59 Å². The lowest BCUT2D eigenvalue weighted by molar-refractivity contribution is -0.139. The molecule has 1 aliphatic rings. The first-order valence-corrected chi connectivity index (χ1v) is 12.1. The fourth-order valence-electron chi connectivity index (χ4n) is 4.16. The Morgan fingerprint density at radius 2 is 1.69 bits per heavy atom. The largest absolute Gasteiger partial charge is 0.507 e. The van der Waals surface area contributed by atoms with Crippen molar-refractivity contribution in [3.05, 3.63) is 59.2 Å². The average molecular weight is 497 g/mol. The van der Waals surface area contributed by atoms with Crippen LogP contribution in [0.1, 0.15) is 37.4 Å². The van der Waals surface area contributed by atoms with Gasteiger partial charge in [-0.1, -0.05) is 19.9 Å².